The number of amides is 2. The van der Waals surface area contributed by atoms with Crippen LogP contribution in [0.3, 0.4) is 0 Å². The second-order valence-electron chi connectivity index (χ2n) is 11.6. The van der Waals surface area contributed by atoms with E-state index in [0.717, 1.165) is 50.4 Å². The van der Waals surface area contributed by atoms with E-state index >= 15 is 0 Å². The predicted molar refractivity (Wildman–Crippen MR) is 192 cm³/mol. The van der Waals surface area contributed by atoms with E-state index in [0.29, 0.717) is 42.9 Å². The van der Waals surface area contributed by atoms with Crippen molar-refractivity contribution in [1.82, 2.24) is 10.2 Å². The first kappa shape index (κ1) is 37.7. The maximum absolute atomic E-state index is 14.0. The number of anilines is 1. The zero-order chi connectivity index (χ0) is 34.6. The van der Waals surface area contributed by atoms with Crippen LogP contribution < -0.4 is 15.0 Å². The first-order valence-electron chi connectivity index (χ1n) is 16.3. The SMILES string of the molecule is CC.O=C(c1ccccc1)N(CC1=CC(Cc2ccc(F)cc2)(NC(=O)C(Cl)(Cl)Cl)CC1)c1cccc(OCCCN2CCOCC2)c1. The molecule has 1 N–H and O–H groups in total. The quantitative estimate of drug-likeness (QED) is 0.118. The summed E-state index contributed by atoms with van der Waals surface area (Å²) in [5.41, 5.74) is 2.05. The molecule has 1 fully saturated rings. The van der Waals surface area contributed by atoms with Gasteiger partial charge in [-0.15, -0.1) is 0 Å². The molecule has 1 atom stereocenters. The van der Waals surface area contributed by atoms with Gasteiger partial charge in [0.25, 0.3) is 15.6 Å². The lowest BCUT2D eigenvalue weighted by Gasteiger charge is -2.30. The molecule has 5 rings (SSSR count). The molecule has 3 aromatic rings. The van der Waals surface area contributed by atoms with Crippen LogP contribution in [0.25, 0.3) is 0 Å². The van der Waals surface area contributed by atoms with Crippen molar-refractivity contribution in [3.8, 4) is 5.75 Å². The van der Waals surface area contributed by atoms with Crippen molar-refractivity contribution in [2.24, 2.45) is 0 Å². The second kappa shape index (κ2) is 18.0. The standard InChI is InChI=1S/C35H37Cl3FN3O4.C2H6/c36-35(37,38)33(44)40-34(23-26-10-12-29(39)13-11-26)15-14-27(24-34)25-42(32(43)28-6-2-1-3-7-28)30-8-4-9-31(22-30)46-19-5-16-41-17-20-45-21-18-41;1-2/h1-4,6-13,22,24H,5,14-21,23,25H2,(H,40,44);1-2H3. The topological polar surface area (TPSA) is 71.1 Å². The minimum atomic E-state index is -2.16. The molecule has 1 saturated heterocycles. The Hall–Kier alpha value is -3.14. The molecule has 0 aromatic heterocycles. The van der Waals surface area contributed by atoms with Gasteiger partial charge in [-0.2, -0.15) is 0 Å². The summed E-state index contributed by atoms with van der Waals surface area (Å²) in [6, 6.07) is 22.7. The maximum Gasteiger partial charge on any atom is 0.272 e. The van der Waals surface area contributed by atoms with Gasteiger partial charge < -0.3 is 19.7 Å². The smallest absolute Gasteiger partial charge is 0.272 e. The number of hydrogen-bond acceptors (Lipinski definition) is 5. The Bertz CT molecular complexity index is 1510. The van der Waals surface area contributed by atoms with Gasteiger partial charge in [0, 0.05) is 43.5 Å². The van der Waals surface area contributed by atoms with E-state index < -0.39 is 15.2 Å². The zero-order valence-electron chi connectivity index (χ0n) is 27.4. The highest BCUT2D eigenvalue weighted by atomic mass is 35.6. The number of alkyl halides is 3. The minimum absolute atomic E-state index is 0.174. The molecule has 1 heterocycles. The molecule has 1 aliphatic heterocycles. The Kier molecular flexibility index (Phi) is 14.1. The zero-order valence-corrected chi connectivity index (χ0v) is 29.7. The summed E-state index contributed by atoms with van der Waals surface area (Å²) in [5.74, 6) is -0.615. The second-order valence-corrected chi connectivity index (χ2v) is 13.9. The number of nitrogens with zero attached hydrogens (tertiary/aromatic N) is 2. The third kappa shape index (κ3) is 10.9. The number of carbonyl (C=O) groups is 2. The van der Waals surface area contributed by atoms with Gasteiger partial charge in [0.2, 0.25) is 0 Å². The summed E-state index contributed by atoms with van der Waals surface area (Å²) in [4.78, 5) is 30.9. The molecule has 0 spiro atoms. The summed E-state index contributed by atoms with van der Waals surface area (Å²) in [6.07, 6.45) is 4.26. The van der Waals surface area contributed by atoms with Gasteiger partial charge in [0.15, 0.2) is 0 Å². The summed E-state index contributed by atoms with van der Waals surface area (Å²) >= 11 is 17.8. The highest BCUT2D eigenvalue weighted by molar-refractivity contribution is 6.76. The van der Waals surface area contributed by atoms with E-state index in [1.807, 2.05) is 62.4 Å². The van der Waals surface area contributed by atoms with Crippen molar-refractivity contribution in [2.45, 2.75) is 48.9 Å². The number of rotatable bonds is 12. The fourth-order valence-corrected chi connectivity index (χ4v) is 5.99. The monoisotopic (exact) mass is 717 g/mol. The molecule has 1 unspecified atom stereocenters. The van der Waals surface area contributed by atoms with E-state index in [-0.39, 0.29) is 18.3 Å². The number of halogens is 4. The van der Waals surface area contributed by atoms with Crippen molar-refractivity contribution in [3.63, 3.8) is 0 Å². The predicted octanol–water partition coefficient (Wildman–Crippen LogP) is 7.79. The number of ether oxygens (including phenoxy) is 2. The van der Waals surface area contributed by atoms with Crippen molar-refractivity contribution in [2.75, 3.05) is 50.9 Å². The third-order valence-electron chi connectivity index (χ3n) is 8.17. The first-order valence-corrected chi connectivity index (χ1v) is 17.5. The molecule has 7 nitrogen and oxygen atoms in total. The fraction of sp³-hybridized carbons (Fsp3) is 0.405. The van der Waals surface area contributed by atoms with E-state index in [9.17, 15) is 14.0 Å². The maximum atomic E-state index is 14.0. The van der Waals surface area contributed by atoms with Crippen LogP contribution in [0.1, 0.15) is 49.0 Å². The Morgan fingerprint density at radius 2 is 1.71 bits per heavy atom. The van der Waals surface area contributed by atoms with E-state index in [2.05, 4.69) is 10.2 Å². The van der Waals surface area contributed by atoms with E-state index in [1.165, 1.54) is 12.1 Å². The van der Waals surface area contributed by atoms with Gasteiger partial charge >= 0.3 is 0 Å². The molecule has 11 heteroatoms. The average Bonchev–Trinajstić information content (AvgIpc) is 3.49. The molecule has 0 saturated carbocycles. The van der Waals surface area contributed by atoms with Gasteiger partial charge in [0.05, 0.1) is 25.4 Å². The molecule has 0 bridgehead atoms. The van der Waals surface area contributed by atoms with E-state index in [1.54, 1.807) is 29.2 Å². The van der Waals surface area contributed by atoms with Crippen LogP contribution in [-0.2, 0) is 16.0 Å². The lowest BCUT2D eigenvalue weighted by molar-refractivity contribution is -0.121. The Balaban J connectivity index is 0.00000255. The molecule has 2 aliphatic rings. The molecule has 2 amide bonds. The molecular formula is C37H43Cl3FN3O4. The van der Waals surface area contributed by atoms with Gasteiger partial charge in [-0.3, -0.25) is 14.5 Å². The molecule has 48 heavy (non-hydrogen) atoms. The van der Waals surface area contributed by atoms with Gasteiger partial charge in [-0.1, -0.05) is 96.7 Å². The number of carbonyl (C=O) groups excluding carboxylic acids is 2. The van der Waals surface area contributed by atoms with Gasteiger partial charge in [-0.25, -0.2) is 4.39 Å². The Labute approximate surface area is 297 Å². The van der Waals surface area contributed by atoms with Crippen molar-refractivity contribution >= 4 is 52.3 Å². The lowest BCUT2D eigenvalue weighted by Crippen LogP contribution is -2.51. The van der Waals surface area contributed by atoms with Crippen LogP contribution in [0, 0.1) is 5.82 Å². The molecule has 1 aliphatic carbocycles. The number of nitrogens with one attached hydrogen (secondary N) is 1. The molecule has 258 valence electrons. The van der Waals surface area contributed by atoms with Crippen LogP contribution >= 0.6 is 34.8 Å². The molecule has 0 radical (unpaired) electrons. The first-order chi connectivity index (χ1) is 23.1. The summed E-state index contributed by atoms with van der Waals surface area (Å²) < 4.78 is 23.0. The van der Waals surface area contributed by atoms with Gasteiger partial charge in [0.1, 0.15) is 11.6 Å². The summed E-state index contributed by atoms with van der Waals surface area (Å²) in [6.45, 7) is 9.14. The summed E-state index contributed by atoms with van der Waals surface area (Å²) in [7, 11) is 0. The van der Waals surface area contributed by atoms with Crippen molar-refractivity contribution in [3.05, 3.63) is 107 Å². The van der Waals surface area contributed by atoms with Crippen LogP contribution in [0.15, 0.2) is 90.5 Å². The largest absolute Gasteiger partial charge is 0.493 e. The summed E-state index contributed by atoms with van der Waals surface area (Å²) in [5, 5.41) is 2.92. The highest BCUT2D eigenvalue weighted by Gasteiger charge is 2.41. The Morgan fingerprint density at radius 1 is 1.00 bits per heavy atom. The third-order valence-corrected chi connectivity index (χ3v) is 8.69. The Morgan fingerprint density at radius 3 is 2.40 bits per heavy atom. The van der Waals surface area contributed by atoms with Crippen molar-refractivity contribution < 1.29 is 23.5 Å². The average molecular weight is 719 g/mol. The molecule has 3 aromatic carbocycles. The van der Waals surface area contributed by atoms with Crippen LogP contribution in [-0.4, -0.2) is 72.0 Å². The molecular weight excluding hydrogens is 676 g/mol. The fourth-order valence-electron chi connectivity index (χ4n) is 5.85. The minimum Gasteiger partial charge on any atom is -0.493 e. The highest BCUT2D eigenvalue weighted by Crippen LogP contribution is 2.36. The number of benzene rings is 3. The van der Waals surface area contributed by atoms with Crippen LogP contribution in [0.2, 0.25) is 0 Å². The van der Waals surface area contributed by atoms with Crippen LogP contribution in [0.5, 0.6) is 5.75 Å². The van der Waals surface area contributed by atoms with Crippen molar-refractivity contribution in [1.29, 1.82) is 0 Å². The lowest BCUT2D eigenvalue weighted by atomic mass is 9.90. The number of morpholine rings is 1. The van der Waals surface area contributed by atoms with Gasteiger partial charge in [-0.05, 0) is 67.6 Å². The van der Waals surface area contributed by atoms with Crippen LogP contribution in [0.4, 0.5) is 10.1 Å². The van der Waals surface area contributed by atoms with E-state index in [4.69, 9.17) is 44.3 Å². The number of hydrogen-bond donors (Lipinski definition) is 1. The normalized spacial score (nSPS) is 17.9.